The lowest BCUT2D eigenvalue weighted by molar-refractivity contribution is 0.258. The summed E-state index contributed by atoms with van der Waals surface area (Å²) in [5.41, 5.74) is 1.07. The van der Waals surface area contributed by atoms with Gasteiger partial charge in [-0.1, -0.05) is 30.3 Å². The summed E-state index contributed by atoms with van der Waals surface area (Å²) in [5.74, 6) is 0.724. The van der Waals surface area contributed by atoms with Gasteiger partial charge in [0.15, 0.2) is 0 Å². The third kappa shape index (κ3) is 3.97. The highest BCUT2D eigenvalue weighted by Crippen LogP contribution is 2.27. The monoisotopic (exact) mass is 422 g/mol. The number of nitrogens with zero attached hydrogens (tertiary/aromatic N) is 5. The highest BCUT2D eigenvalue weighted by Gasteiger charge is 2.37. The van der Waals surface area contributed by atoms with Gasteiger partial charge in [0, 0.05) is 45.3 Å². The summed E-state index contributed by atoms with van der Waals surface area (Å²) in [6.07, 6.45) is 6.54. The molecule has 2 aromatic heterocycles. The Hall–Kier alpha value is -2.20. The van der Waals surface area contributed by atoms with Crippen LogP contribution in [0.2, 0.25) is 0 Å². The lowest BCUT2D eigenvalue weighted by Gasteiger charge is -2.34. The largest absolute Gasteiger partial charge is 0.337 e. The molecule has 1 aromatic carbocycles. The molecule has 1 fully saturated rings. The van der Waals surface area contributed by atoms with Crippen LogP contribution < -0.4 is 5.32 Å². The molecular weight excluding hydrogens is 400 g/mol. The number of sulfonamides is 1. The molecule has 1 N–H and O–H groups in total. The van der Waals surface area contributed by atoms with E-state index >= 15 is 0 Å². The van der Waals surface area contributed by atoms with Gasteiger partial charge in [0.2, 0.25) is 10.0 Å². The molecule has 0 amide bonds. The van der Waals surface area contributed by atoms with Crippen LogP contribution in [0.4, 0.5) is 0 Å². The first-order valence-corrected chi connectivity index (χ1v) is 10.3. The van der Waals surface area contributed by atoms with Crippen LogP contribution in [0, 0.1) is 0 Å². The molecule has 10 heteroatoms. The highest BCUT2D eigenvalue weighted by atomic mass is 35.5. The zero-order valence-electron chi connectivity index (χ0n) is 15.5. The standard InChI is InChI=1S/C18H22N6O2S.ClH/c1-22-9-8-20-18(22)17-12-19-7-10-24(17)27(25,26)16-11-21-23(14-16)13-15-5-3-2-4-6-15;/h2-6,8-9,11,14,17,19H,7,10,12-13H2,1H3;1H. The smallest absolute Gasteiger partial charge is 0.246 e. The third-order valence-corrected chi connectivity index (χ3v) is 6.62. The van der Waals surface area contributed by atoms with E-state index in [1.54, 1.807) is 17.1 Å². The number of halogens is 1. The highest BCUT2D eigenvalue weighted by molar-refractivity contribution is 7.89. The second-order valence-corrected chi connectivity index (χ2v) is 8.48. The second-order valence-electron chi connectivity index (χ2n) is 6.59. The average Bonchev–Trinajstić information content (AvgIpc) is 3.32. The van der Waals surface area contributed by atoms with E-state index in [0.717, 1.165) is 11.4 Å². The summed E-state index contributed by atoms with van der Waals surface area (Å²) < 4.78 is 31.6. The van der Waals surface area contributed by atoms with Gasteiger partial charge in [-0.3, -0.25) is 4.68 Å². The molecule has 28 heavy (non-hydrogen) atoms. The van der Waals surface area contributed by atoms with Crippen molar-refractivity contribution in [2.75, 3.05) is 19.6 Å². The van der Waals surface area contributed by atoms with E-state index in [2.05, 4.69) is 15.4 Å². The Balaban J connectivity index is 0.00000225. The number of piperazine rings is 1. The number of imidazole rings is 1. The van der Waals surface area contributed by atoms with Gasteiger partial charge < -0.3 is 9.88 Å². The fraction of sp³-hybridized carbons (Fsp3) is 0.333. The van der Waals surface area contributed by atoms with E-state index in [1.807, 2.05) is 48.1 Å². The summed E-state index contributed by atoms with van der Waals surface area (Å²) in [4.78, 5) is 4.56. The van der Waals surface area contributed by atoms with E-state index in [-0.39, 0.29) is 23.3 Å². The Labute approximate surface area is 170 Å². The Bertz CT molecular complexity index is 1020. The number of hydrogen-bond acceptors (Lipinski definition) is 5. The number of nitrogens with one attached hydrogen (secondary N) is 1. The van der Waals surface area contributed by atoms with Gasteiger partial charge in [0.1, 0.15) is 10.7 Å². The average molecular weight is 423 g/mol. The van der Waals surface area contributed by atoms with Crippen molar-refractivity contribution >= 4 is 22.4 Å². The van der Waals surface area contributed by atoms with Crippen LogP contribution in [-0.4, -0.2) is 51.7 Å². The molecule has 8 nitrogen and oxygen atoms in total. The summed E-state index contributed by atoms with van der Waals surface area (Å²) in [7, 11) is -1.79. The molecular formula is C18H23ClN6O2S. The van der Waals surface area contributed by atoms with Crippen molar-refractivity contribution in [3.8, 4) is 0 Å². The summed E-state index contributed by atoms with van der Waals surface area (Å²) >= 11 is 0. The van der Waals surface area contributed by atoms with E-state index in [1.165, 1.54) is 10.5 Å². The minimum atomic E-state index is -3.67. The fourth-order valence-corrected chi connectivity index (χ4v) is 4.90. The maximum atomic E-state index is 13.3. The number of rotatable bonds is 5. The van der Waals surface area contributed by atoms with Crippen molar-refractivity contribution in [3.05, 3.63) is 66.5 Å². The Morgan fingerprint density at radius 3 is 2.75 bits per heavy atom. The van der Waals surface area contributed by atoms with Crippen LogP contribution in [0.15, 0.2) is 60.0 Å². The topological polar surface area (TPSA) is 85.1 Å². The predicted octanol–water partition coefficient (Wildman–Crippen LogP) is 1.42. The number of aryl methyl sites for hydroxylation is 1. The van der Waals surface area contributed by atoms with Gasteiger partial charge in [-0.15, -0.1) is 12.4 Å². The van der Waals surface area contributed by atoms with Crippen molar-refractivity contribution in [1.82, 2.24) is 29.0 Å². The maximum absolute atomic E-state index is 13.3. The maximum Gasteiger partial charge on any atom is 0.246 e. The first-order valence-electron chi connectivity index (χ1n) is 8.82. The molecule has 0 aliphatic carbocycles. The molecule has 1 atom stereocenters. The lowest BCUT2D eigenvalue weighted by Crippen LogP contribution is -2.49. The Morgan fingerprint density at radius 1 is 1.25 bits per heavy atom. The Kier molecular flexibility index (Phi) is 6.19. The van der Waals surface area contributed by atoms with Gasteiger partial charge in [0.05, 0.1) is 18.8 Å². The van der Waals surface area contributed by atoms with Crippen LogP contribution in [-0.2, 0) is 23.6 Å². The lowest BCUT2D eigenvalue weighted by atomic mass is 10.2. The molecule has 4 rings (SSSR count). The molecule has 1 unspecified atom stereocenters. The molecule has 3 aromatic rings. The zero-order chi connectivity index (χ0) is 18.9. The molecule has 150 valence electrons. The first-order chi connectivity index (χ1) is 13.1. The van der Waals surface area contributed by atoms with Gasteiger partial charge in [-0.2, -0.15) is 9.40 Å². The molecule has 0 radical (unpaired) electrons. The van der Waals surface area contributed by atoms with Crippen molar-refractivity contribution in [2.45, 2.75) is 17.5 Å². The molecule has 3 heterocycles. The van der Waals surface area contributed by atoms with E-state index in [9.17, 15) is 8.42 Å². The van der Waals surface area contributed by atoms with Crippen molar-refractivity contribution in [3.63, 3.8) is 0 Å². The summed E-state index contributed by atoms with van der Waals surface area (Å²) in [6, 6.07) is 9.49. The molecule has 0 saturated carbocycles. The first kappa shape index (κ1) is 20.5. The van der Waals surface area contributed by atoms with Gasteiger partial charge in [-0.25, -0.2) is 13.4 Å². The molecule has 1 aliphatic heterocycles. The molecule has 1 aliphatic rings. The minimum Gasteiger partial charge on any atom is -0.337 e. The summed E-state index contributed by atoms with van der Waals surface area (Å²) in [5, 5.41) is 7.51. The molecule has 0 spiro atoms. The van der Waals surface area contributed by atoms with Crippen molar-refractivity contribution in [1.29, 1.82) is 0 Å². The van der Waals surface area contributed by atoms with E-state index < -0.39 is 10.0 Å². The minimum absolute atomic E-state index is 0. The van der Waals surface area contributed by atoms with Crippen molar-refractivity contribution < 1.29 is 8.42 Å². The quantitative estimate of drug-likeness (QED) is 0.672. The normalized spacial score (nSPS) is 18.0. The molecule has 1 saturated heterocycles. The molecule has 0 bridgehead atoms. The predicted molar refractivity (Wildman–Crippen MR) is 108 cm³/mol. The third-order valence-electron chi connectivity index (χ3n) is 4.75. The fourth-order valence-electron chi connectivity index (χ4n) is 3.36. The van der Waals surface area contributed by atoms with Gasteiger partial charge in [0.25, 0.3) is 0 Å². The SMILES string of the molecule is Cl.Cn1ccnc1C1CNCCN1S(=O)(=O)c1cnn(Cc2ccccc2)c1. The second kappa shape index (κ2) is 8.44. The zero-order valence-corrected chi connectivity index (χ0v) is 17.1. The van der Waals surface area contributed by atoms with E-state index in [4.69, 9.17) is 0 Å². The van der Waals surface area contributed by atoms with Crippen LogP contribution in [0.3, 0.4) is 0 Å². The van der Waals surface area contributed by atoms with Crippen LogP contribution >= 0.6 is 12.4 Å². The number of aromatic nitrogens is 4. The number of benzene rings is 1. The van der Waals surface area contributed by atoms with Gasteiger partial charge >= 0.3 is 0 Å². The van der Waals surface area contributed by atoms with Gasteiger partial charge in [-0.05, 0) is 5.56 Å². The van der Waals surface area contributed by atoms with Crippen molar-refractivity contribution in [2.24, 2.45) is 7.05 Å². The van der Waals surface area contributed by atoms with E-state index in [0.29, 0.717) is 26.2 Å². The number of hydrogen-bond donors (Lipinski definition) is 1. The van der Waals surface area contributed by atoms with Crippen LogP contribution in [0.5, 0.6) is 0 Å². The van der Waals surface area contributed by atoms with Crippen LogP contribution in [0.1, 0.15) is 17.4 Å². The Morgan fingerprint density at radius 2 is 2.04 bits per heavy atom. The summed E-state index contributed by atoms with van der Waals surface area (Å²) in [6.45, 7) is 2.06. The van der Waals surface area contributed by atoms with Crippen LogP contribution in [0.25, 0.3) is 0 Å².